The zero-order valence-electron chi connectivity index (χ0n) is 16.5. The lowest BCUT2D eigenvalue weighted by Gasteiger charge is -2.18. The van der Waals surface area contributed by atoms with Crippen molar-refractivity contribution in [3.63, 3.8) is 0 Å². The molecule has 3 N–H and O–H groups in total. The Labute approximate surface area is 176 Å². The van der Waals surface area contributed by atoms with Gasteiger partial charge < -0.3 is 15.5 Å². The van der Waals surface area contributed by atoms with Crippen molar-refractivity contribution < 1.29 is 14.5 Å². The van der Waals surface area contributed by atoms with E-state index < -0.39 is 0 Å². The Kier molecular flexibility index (Phi) is 7.87. The van der Waals surface area contributed by atoms with Gasteiger partial charge in [0.05, 0.1) is 13.1 Å². The Hall–Kier alpha value is -2.08. The minimum Gasteiger partial charge on any atom is -0.345 e. The van der Waals surface area contributed by atoms with E-state index in [1.807, 2.05) is 46.0 Å². The van der Waals surface area contributed by atoms with E-state index in [0.29, 0.717) is 10.0 Å². The Balaban J connectivity index is 1.86. The predicted molar refractivity (Wildman–Crippen MR) is 114 cm³/mol. The smallest absolute Gasteiger partial charge is 0.279 e. The number of carbonyl (C=O) groups is 2. The van der Waals surface area contributed by atoms with Crippen LogP contribution in [0, 0.1) is 13.8 Å². The molecule has 2 atom stereocenters. The molecule has 2 aromatic rings. The van der Waals surface area contributed by atoms with Crippen molar-refractivity contribution in [2.24, 2.45) is 0 Å². The number of benzene rings is 2. The van der Waals surface area contributed by atoms with Crippen molar-refractivity contribution in [3.05, 3.63) is 63.1 Å². The zero-order valence-corrected chi connectivity index (χ0v) is 18.0. The summed E-state index contributed by atoms with van der Waals surface area (Å²) in [5, 5.41) is 6.88. The number of likely N-dealkylation sites (N-methyl/N-ethyl adjacent to an activating group) is 1. The van der Waals surface area contributed by atoms with Crippen molar-refractivity contribution in [1.82, 2.24) is 5.32 Å². The van der Waals surface area contributed by atoms with Gasteiger partial charge in [0, 0.05) is 15.7 Å². The summed E-state index contributed by atoms with van der Waals surface area (Å²) < 4.78 is 0. The fourth-order valence-electron chi connectivity index (χ4n) is 2.90. The maximum atomic E-state index is 12.3. The lowest BCUT2D eigenvalue weighted by Crippen LogP contribution is -3.11. The van der Waals surface area contributed by atoms with Gasteiger partial charge in [-0.05, 0) is 55.7 Å². The van der Waals surface area contributed by atoms with Crippen LogP contribution in [0.5, 0.6) is 0 Å². The number of halogens is 2. The second-order valence-electron chi connectivity index (χ2n) is 7.13. The van der Waals surface area contributed by atoms with Gasteiger partial charge in [-0.1, -0.05) is 41.4 Å². The molecule has 2 rings (SSSR count). The van der Waals surface area contributed by atoms with Crippen molar-refractivity contribution >= 4 is 40.7 Å². The highest BCUT2D eigenvalue weighted by Crippen LogP contribution is 2.25. The Morgan fingerprint density at radius 2 is 1.71 bits per heavy atom. The molecule has 2 amide bonds. The molecule has 0 saturated carbocycles. The molecule has 5 nitrogen and oxygen atoms in total. The molecule has 0 aliphatic heterocycles. The first-order chi connectivity index (χ1) is 13.2. The fraction of sp³-hybridized carbons (Fsp3) is 0.333. The molecule has 150 valence electrons. The van der Waals surface area contributed by atoms with Crippen LogP contribution in [-0.4, -0.2) is 32.0 Å². The maximum Gasteiger partial charge on any atom is 0.279 e. The molecule has 1 unspecified atom stereocenters. The zero-order chi connectivity index (χ0) is 20.8. The lowest BCUT2D eigenvalue weighted by atomic mass is 10.1. The average molecular weight is 423 g/mol. The van der Waals surface area contributed by atoms with Crippen LogP contribution in [-0.2, 0) is 9.59 Å². The summed E-state index contributed by atoms with van der Waals surface area (Å²) in [6, 6.07) is 10.8. The number of hydrogen-bond donors (Lipinski definition) is 3. The van der Waals surface area contributed by atoms with Crippen LogP contribution in [0.4, 0.5) is 5.69 Å². The molecule has 0 aromatic heterocycles. The summed E-state index contributed by atoms with van der Waals surface area (Å²) in [5.41, 5.74) is 3.68. The number of rotatable bonds is 7. The first-order valence-corrected chi connectivity index (χ1v) is 9.84. The van der Waals surface area contributed by atoms with Crippen LogP contribution in [0.25, 0.3) is 0 Å². The highest BCUT2D eigenvalue weighted by atomic mass is 35.5. The molecule has 0 aliphatic carbocycles. The van der Waals surface area contributed by atoms with Crippen LogP contribution in [0.1, 0.15) is 29.7 Å². The molecule has 2 aromatic carbocycles. The molecule has 7 heteroatoms. The van der Waals surface area contributed by atoms with E-state index in [1.165, 1.54) is 0 Å². The Morgan fingerprint density at radius 1 is 1.04 bits per heavy atom. The highest BCUT2D eigenvalue weighted by Gasteiger charge is 2.18. The van der Waals surface area contributed by atoms with Gasteiger partial charge in [0.1, 0.15) is 0 Å². The topological polar surface area (TPSA) is 62.6 Å². The Morgan fingerprint density at radius 3 is 2.39 bits per heavy atom. The summed E-state index contributed by atoms with van der Waals surface area (Å²) >= 11 is 12.1. The highest BCUT2D eigenvalue weighted by molar-refractivity contribution is 6.35. The second-order valence-corrected chi connectivity index (χ2v) is 7.98. The van der Waals surface area contributed by atoms with Gasteiger partial charge in [-0.15, -0.1) is 0 Å². The standard InChI is InChI=1S/C21H25Cl2N3O2/c1-13-5-6-14(2)19(9-13)25-21(28)12-26(4)11-20(27)24-15(3)17-8-7-16(22)10-18(17)23/h5-10,15H,11-12H2,1-4H3,(H,24,27)(H,25,28)/p+1/t15-/m0/s1. The molecular formula is C21H26Cl2N3O2+. The number of nitrogens with one attached hydrogen (secondary N) is 3. The van der Waals surface area contributed by atoms with Gasteiger partial charge in [0.2, 0.25) is 0 Å². The van der Waals surface area contributed by atoms with E-state index in [4.69, 9.17) is 23.2 Å². The number of aryl methyl sites for hydroxylation is 2. The molecular weight excluding hydrogens is 397 g/mol. The molecule has 0 bridgehead atoms. The number of amides is 2. The van der Waals surface area contributed by atoms with Gasteiger partial charge in [-0.25, -0.2) is 0 Å². The minimum absolute atomic E-state index is 0.132. The molecule has 0 spiro atoms. The molecule has 0 aliphatic rings. The minimum atomic E-state index is -0.256. The van der Waals surface area contributed by atoms with Gasteiger partial charge in [0.15, 0.2) is 13.1 Å². The summed E-state index contributed by atoms with van der Waals surface area (Å²) in [6.45, 7) is 6.15. The van der Waals surface area contributed by atoms with Crippen molar-refractivity contribution in [2.45, 2.75) is 26.8 Å². The SMILES string of the molecule is Cc1ccc(C)c(NC(=O)C[NH+](C)CC(=O)N[C@@H](C)c2ccc(Cl)cc2Cl)c1. The van der Waals surface area contributed by atoms with Gasteiger partial charge >= 0.3 is 0 Å². The number of anilines is 1. The third-order valence-electron chi connectivity index (χ3n) is 4.40. The van der Waals surface area contributed by atoms with Gasteiger partial charge in [-0.3, -0.25) is 9.59 Å². The van der Waals surface area contributed by atoms with Crippen LogP contribution in [0.3, 0.4) is 0 Å². The third kappa shape index (κ3) is 6.51. The second kappa shape index (κ2) is 9.92. The van der Waals surface area contributed by atoms with Crippen LogP contribution >= 0.6 is 23.2 Å². The number of hydrogen-bond acceptors (Lipinski definition) is 2. The quantitative estimate of drug-likeness (QED) is 0.642. The lowest BCUT2D eigenvalue weighted by molar-refractivity contribution is -0.862. The van der Waals surface area contributed by atoms with E-state index in [2.05, 4.69) is 10.6 Å². The summed E-state index contributed by atoms with van der Waals surface area (Å²) in [7, 11) is 1.81. The van der Waals surface area contributed by atoms with E-state index >= 15 is 0 Å². The normalized spacial score (nSPS) is 12.9. The van der Waals surface area contributed by atoms with Gasteiger partial charge in [0.25, 0.3) is 11.8 Å². The monoisotopic (exact) mass is 422 g/mol. The third-order valence-corrected chi connectivity index (χ3v) is 4.96. The summed E-state index contributed by atoms with van der Waals surface area (Å²) in [4.78, 5) is 25.4. The number of carbonyl (C=O) groups excluding carboxylic acids is 2. The fourth-order valence-corrected chi connectivity index (χ4v) is 3.47. The van der Waals surface area contributed by atoms with Crippen LogP contribution in [0.15, 0.2) is 36.4 Å². The molecule has 28 heavy (non-hydrogen) atoms. The van der Waals surface area contributed by atoms with Crippen LogP contribution in [0.2, 0.25) is 10.0 Å². The van der Waals surface area contributed by atoms with Gasteiger partial charge in [-0.2, -0.15) is 0 Å². The molecule has 0 fully saturated rings. The maximum absolute atomic E-state index is 12.3. The van der Waals surface area contributed by atoms with Crippen molar-refractivity contribution in [1.29, 1.82) is 0 Å². The predicted octanol–water partition coefficient (Wildman–Crippen LogP) is 2.94. The summed E-state index contributed by atoms with van der Waals surface area (Å²) in [6.07, 6.45) is 0. The molecule has 0 saturated heterocycles. The van der Waals surface area contributed by atoms with E-state index in [-0.39, 0.29) is 30.9 Å². The largest absolute Gasteiger partial charge is 0.345 e. The van der Waals surface area contributed by atoms with Crippen LogP contribution < -0.4 is 15.5 Å². The van der Waals surface area contributed by atoms with Crippen molar-refractivity contribution in [3.8, 4) is 0 Å². The average Bonchev–Trinajstić information content (AvgIpc) is 2.57. The van der Waals surface area contributed by atoms with E-state index in [9.17, 15) is 9.59 Å². The van der Waals surface area contributed by atoms with E-state index in [1.54, 1.807) is 18.2 Å². The van der Waals surface area contributed by atoms with Crippen molar-refractivity contribution in [2.75, 3.05) is 25.5 Å². The first-order valence-electron chi connectivity index (χ1n) is 9.08. The Bertz CT molecular complexity index is 871. The molecule has 0 heterocycles. The van der Waals surface area contributed by atoms with E-state index in [0.717, 1.165) is 27.3 Å². The first kappa shape index (κ1) is 22.2. The summed E-state index contributed by atoms with van der Waals surface area (Å²) in [5.74, 6) is -0.289. The number of quaternary nitrogens is 1. The molecule has 0 radical (unpaired) electrons.